The van der Waals surface area contributed by atoms with Crippen LogP contribution < -0.4 is 0 Å². The number of nitrogens with zero attached hydrogens (tertiary/aromatic N) is 1. The van der Waals surface area contributed by atoms with Crippen molar-refractivity contribution in [1.82, 2.24) is 4.90 Å². The molecular formula is C13H25NO3S. The van der Waals surface area contributed by atoms with E-state index in [1.165, 1.54) is 0 Å². The fourth-order valence-corrected chi connectivity index (χ4v) is 2.27. The minimum atomic E-state index is -0.996. The van der Waals surface area contributed by atoms with Crippen molar-refractivity contribution in [3.63, 3.8) is 0 Å². The van der Waals surface area contributed by atoms with Crippen LogP contribution in [0, 0.1) is 11.3 Å². The molecule has 0 aliphatic rings. The monoisotopic (exact) mass is 275 g/mol. The minimum absolute atomic E-state index is 0.0508. The fourth-order valence-electron chi connectivity index (χ4n) is 1.56. The van der Waals surface area contributed by atoms with Crippen molar-refractivity contribution in [3.8, 4) is 0 Å². The molecule has 2 atom stereocenters. The van der Waals surface area contributed by atoms with Gasteiger partial charge in [0.05, 0.1) is 5.41 Å². The van der Waals surface area contributed by atoms with Gasteiger partial charge in [-0.2, -0.15) is 11.8 Å². The molecule has 106 valence electrons. The third-order valence-corrected chi connectivity index (χ3v) is 4.56. The summed E-state index contributed by atoms with van der Waals surface area (Å²) in [5.41, 5.74) is -0.996. The standard InChI is InChI=1S/C13H25NO3S/c1-9(2)13(4,12(16)17)7-11(15)14(5)10(3)8-18-6/h9-10H,7-8H2,1-6H3,(H,16,17). The predicted molar refractivity (Wildman–Crippen MR) is 75.8 cm³/mol. The Balaban J connectivity index is 4.77. The predicted octanol–water partition coefficient (Wildman–Crippen LogP) is 2.33. The summed E-state index contributed by atoms with van der Waals surface area (Å²) >= 11 is 1.68. The van der Waals surface area contributed by atoms with Gasteiger partial charge in [0.15, 0.2) is 0 Å². The number of carboxylic acid groups (broad SMARTS) is 1. The molecule has 0 fully saturated rings. The molecule has 1 N–H and O–H groups in total. The summed E-state index contributed by atoms with van der Waals surface area (Å²) in [6, 6.07) is 0.123. The number of carboxylic acids is 1. The van der Waals surface area contributed by atoms with Crippen LogP contribution in [-0.2, 0) is 9.59 Å². The lowest BCUT2D eigenvalue weighted by Crippen LogP contribution is -2.43. The highest BCUT2D eigenvalue weighted by Gasteiger charge is 2.39. The number of aliphatic carboxylic acids is 1. The van der Waals surface area contributed by atoms with E-state index < -0.39 is 11.4 Å². The van der Waals surface area contributed by atoms with Crippen LogP contribution in [-0.4, -0.2) is 47.0 Å². The third kappa shape index (κ3) is 4.19. The van der Waals surface area contributed by atoms with Gasteiger partial charge >= 0.3 is 5.97 Å². The van der Waals surface area contributed by atoms with Crippen LogP contribution >= 0.6 is 11.8 Å². The van der Waals surface area contributed by atoms with Crippen molar-refractivity contribution in [1.29, 1.82) is 0 Å². The molecule has 0 heterocycles. The molecule has 0 aromatic heterocycles. The van der Waals surface area contributed by atoms with E-state index in [-0.39, 0.29) is 24.3 Å². The molecule has 18 heavy (non-hydrogen) atoms. The zero-order valence-electron chi connectivity index (χ0n) is 12.2. The second kappa shape index (κ2) is 7.02. The normalized spacial score (nSPS) is 16.2. The molecule has 0 aromatic carbocycles. The maximum Gasteiger partial charge on any atom is 0.310 e. The summed E-state index contributed by atoms with van der Waals surface area (Å²) in [4.78, 5) is 25.1. The first-order valence-corrected chi connectivity index (χ1v) is 7.54. The molecular weight excluding hydrogens is 250 g/mol. The van der Waals surface area contributed by atoms with Crippen LogP contribution in [0.3, 0.4) is 0 Å². The molecule has 0 radical (unpaired) electrons. The summed E-state index contributed by atoms with van der Waals surface area (Å²) in [6.45, 7) is 7.30. The average molecular weight is 275 g/mol. The molecule has 0 aliphatic heterocycles. The van der Waals surface area contributed by atoms with Gasteiger partial charge in [-0.15, -0.1) is 0 Å². The number of rotatable bonds is 7. The number of carbonyl (C=O) groups is 2. The highest BCUT2D eigenvalue weighted by Crippen LogP contribution is 2.32. The van der Waals surface area contributed by atoms with Gasteiger partial charge in [-0.1, -0.05) is 13.8 Å². The van der Waals surface area contributed by atoms with Crippen molar-refractivity contribution in [2.24, 2.45) is 11.3 Å². The molecule has 4 nitrogen and oxygen atoms in total. The van der Waals surface area contributed by atoms with Gasteiger partial charge in [-0.05, 0) is 26.0 Å². The summed E-state index contributed by atoms with van der Waals surface area (Å²) in [5.74, 6) is -0.233. The molecule has 0 rings (SSSR count). The molecule has 1 amide bonds. The zero-order valence-corrected chi connectivity index (χ0v) is 13.0. The quantitative estimate of drug-likeness (QED) is 0.775. The topological polar surface area (TPSA) is 57.6 Å². The Morgan fingerprint density at radius 1 is 1.33 bits per heavy atom. The molecule has 0 aromatic rings. The third-order valence-electron chi connectivity index (χ3n) is 3.74. The number of carbonyl (C=O) groups excluding carboxylic acids is 1. The van der Waals surface area contributed by atoms with Crippen LogP contribution in [0.5, 0.6) is 0 Å². The Morgan fingerprint density at radius 3 is 2.17 bits per heavy atom. The second-order valence-electron chi connectivity index (χ2n) is 5.36. The lowest BCUT2D eigenvalue weighted by Gasteiger charge is -2.32. The van der Waals surface area contributed by atoms with Crippen molar-refractivity contribution >= 4 is 23.6 Å². The van der Waals surface area contributed by atoms with E-state index in [9.17, 15) is 14.7 Å². The molecule has 0 saturated heterocycles. The Hall–Kier alpha value is -0.710. The highest BCUT2D eigenvalue weighted by atomic mass is 32.2. The van der Waals surface area contributed by atoms with Gasteiger partial charge in [-0.3, -0.25) is 9.59 Å². The van der Waals surface area contributed by atoms with Gasteiger partial charge in [0.1, 0.15) is 0 Å². The van der Waals surface area contributed by atoms with E-state index in [2.05, 4.69) is 0 Å². The Labute approximate surface area is 114 Å². The highest BCUT2D eigenvalue weighted by molar-refractivity contribution is 7.98. The summed E-state index contributed by atoms with van der Waals surface area (Å²) in [5, 5.41) is 9.30. The van der Waals surface area contributed by atoms with Crippen molar-refractivity contribution in [2.75, 3.05) is 19.1 Å². The Morgan fingerprint density at radius 2 is 1.83 bits per heavy atom. The molecule has 2 unspecified atom stereocenters. The Bertz CT molecular complexity index is 307. The van der Waals surface area contributed by atoms with E-state index in [0.29, 0.717) is 0 Å². The summed E-state index contributed by atoms with van der Waals surface area (Å²) < 4.78 is 0. The van der Waals surface area contributed by atoms with E-state index in [1.807, 2.05) is 27.0 Å². The lowest BCUT2D eigenvalue weighted by molar-refractivity contribution is -0.155. The maximum absolute atomic E-state index is 12.1. The van der Waals surface area contributed by atoms with E-state index in [1.54, 1.807) is 30.6 Å². The van der Waals surface area contributed by atoms with E-state index in [4.69, 9.17) is 0 Å². The lowest BCUT2D eigenvalue weighted by atomic mass is 9.76. The number of hydrogen-bond acceptors (Lipinski definition) is 3. The summed E-state index contributed by atoms with van der Waals surface area (Å²) in [6.07, 6.45) is 2.04. The maximum atomic E-state index is 12.1. The molecule has 5 heteroatoms. The van der Waals surface area contributed by atoms with Gasteiger partial charge in [-0.25, -0.2) is 0 Å². The van der Waals surface area contributed by atoms with Crippen molar-refractivity contribution < 1.29 is 14.7 Å². The molecule has 0 bridgehead atoms. The van der Waals surface area contributed by atoms with Crippen molar-refractivity contribution in [3.05, 3.63) is 0 Å². The Kier molecular flexibility index (Phi) is 6.74. The van der Waals surface area contributed by atoms with Gasteiger partial charge < -0.3 is 10.0 Å². The van der Waals surface area contributed by atoms with Crippen LogP contribution in [0.4, 0.5) is 0 Å². The average Bonchev–Trinajstić information content (AvgIpc) is 2.27. The summed E-state index contributed by atoms with van der Waals surface area (Å²) in [7, 11) is 1.74. The van der Waals surface area contributed by atoms with Crippen LogP contribution in [0.25, 0.3) is 0 Å². The molecule has 0 saturated carbocycles. The first-order chi connectivity index (χ1) is 8.16. The van der Waals surface area contributed by atoms with Gasteiger partial charge in [0, 0.05) is 25.3 Å². The van der Waals surface area contributed by atoms with Gasteiger partial charge in [0.2, 0.25) is 5.91 Å². The van der Waals surface area contributed by atoms with Crippen LogP contribution in [0.1, 0.15) is 34.1 Å². The van der Waals surface area contributed by atoms with Crippen LogP contribution in [0.15, 0.2) is 0 Å². The van der Waals surface area contributed by atoms with Crippen LogP contribution in [0.2, 0.25) is 0 Å². The van der Waals surface area contributed by atoms with E-state index in [0.717, 1.165) is 5.75 Å². The molecule has 0 spiro atoms. The number of thioether (sulfide) groups is 1. The van der Waals surface area contributed by atoms with Gasteiger partial charge in [0.25, 0.3) is 0 Å². The minimum Gasteiger partial charge on any atom is -0.481 e. The largest absolute Gasteiger partial charge is 0.481 e. The van der Waals surface area contributed by atoms with Crippen molar-refractivity contribution in [2.45, 2.75) is 40.2 Å². The first kappa shape index (κ1) is 17.3. The van der Waals surface area contributed by atoms with E-state index >= 15 is 0 Å². The smallest absolute Gasteiger partial charge is 0.310 e. The molecule has 0 aliphatic carbocycles. The fraction of sp³-hybridized carbons (Fsp3) is 0.846. The number of hydrogen-bond donors (Lipinski definition) is 1. The first-order valence-electron chi connectivity index (χ1n) is 6.14. The second-order valence-corrected chi connectivity index (χ2v) is 6.27. The number of amides is 1. The SMILES string of the molecule is CSCC(C)N(C)C(=O)CC(C)(C(=O)O)C(C)C. The zero-order chi connectivity index (χ0) is 14.5.